The third-order valence-corrected chi connectivity index (χ3v) is 13.7. The fraction of sp³-hybridized carbons (Fsp3) is 0.300. The van der Waals surface area contributed by atoms with Gasteiger partial charge in [-0.3, -0.25) is 0 Å². The molecule has 0 atom stereocenters. The zero-order valence-corrected chi connectivity index (χ0v) is 27.2. The van der Waals surface area contributed by atoms with Crippen LogP contribution in [0.3, 0.4) is 0 Å². The minimum atomic E-state index is -1.77. The van der Waals surface area contributed by atoms with E-state index in [4.69, 9.17) is 4.43 Å². The van der Waals surface area contributed by atoms with Gasteiger partial charge in [0.2, 0.25) is 0 Å². The molecule has 0 heterocycles. The lowest BCUT2D eigenvalue weighted by molar-refractivity contribution is 0.0316. The summed E-state index contributed by atoms with van der Waals surface area (Å²) in [7, 11) is -1.77. The lowest BCUT2D eigenvalue weighted by Crippen LogP contribution is -2.49. The molecule has 0 aliphatic carbocycles. The third kappa shape index (κ3) is 9.02. The molecule has 218 valence electrons. The van der Waals surface area contributed by atoms with Gasteiger partial charge in [0.25, 0.3) is 0 Å². The standard InChI is InChI=1S/C40H48OSi/c1-6-42(7-2,8-3)41-40(4,5)39(31-37-27-23-35(24-28-37)21-19-33-15-11-9-12-16-33)32-38-29-25-36(26-30-38)22-20-34-17-13-10-14-18-34/h9-30,39H,6-8,31-32H2,1-5H3/b21-19+,22-20+. The first kappa shape index (κ1) is 31.5. The van der Waals surface area contributed by atoms with E-state index >= 15 is 0 Å². The Bertz CT molecular complexity index is 1290. The van der Waals surface area contributed by atoms with Gasteiger partial charge in [0.15, 0.2) is 8.32 Å². The molecule has 0 spiro atoms. The smallest absolute Gasteiger partial charge is 0.192 e. The summed E-state index contributed by atoms with van der Waals surface area (Å²) in [6, 6.07) is 42.7. The van der Waals surface area contributed by atoms with Gasteiger partial charge in [-0.2, -0.15) is 0 Å². The lowest BCUT2D eigenvalue weighted by atomic mass is 9.81. The summed E-state index contributed by atoms with van der Waals surface area (Å²) in [5.74, 6) is 0.366. The molecule has 0 aromatic heterocycles. The van der Waals surface area contributed by atoms with Crippen LogP contribution >= 0.6 is 0 Å². The highest BCUT2D eigenvalue weighted by Gasteiger charge is 2.39. The van der Waals surface area contributed by atoms with Crippen molar-refractivity contribution in [2.24, 2.45) is 5.92 Å². The predicted molar refractivity (Wildman–Crippen MR) is 187 cm³/mol. The molecule has 2 heteroatoms. The Balaban J connectivity index is 1.53. The fourth-order valence-electron chi connectivity index (χ4n) is 5.78. The Labute approximate surface area is 256 Å². The van der Waals surface area contributed by atoms with E-state index in [9.17, 15) is 0 Å². The van der Waals surface area contributed by atoms with Crippen LogP contribution in [0.25, 0.3) is 24.3 Å². The molecular formula is C40H48OSi. The molecule has 4 aromatic rings. The largest absolute Gasteiger partial charge is 0.412 e. The molecule has 42 heavy (non-hydrogen) atoms. The summed E-state index contributed by atoms with van der Waals surface area (Å²) in [5, 5.41) is 0. The molecule has 1 nitrogen and oxygen atoms in total. The van der Waals surface area contributed by atoms with E-state index in [0.29, 0.717) is 5.92 Å². The second-order valence-electron chi connectivity index (χ2n) is 12.0. The molecule has 0 bridgehead atoms. The highest BCUT2D eigenvalue weighted by atomic mass is 28.4. The van der Waals surface area contributed by atoms with Crippen LogP contribution in [0.2, 0.25) is 18.1 Å². The van der Waals surface area contributed by atoms with Crippen molar-refractivity contribution >= 4 is 32.6 Å². The highest BCUT2D eigenvalue weighted by molar-refractivity contribution is 6.73. The maximum absolute atomic E-state index is 7.22. The SMILES string of the molecule is CC[Si](CC)(CC)OC(C)(C)C(Cc1ccc(/C=C/c2ccccc2)cc1)Cc1ccc(/C=C/c2ccccc2)cc1. The normalized spacial score (nSPS) is 12.5. The molecular weight excluding hydrogens is 525 g/mol. The van der Waals surface area contributed by atoms with Crippen LogP contribution in [-0.4, -0.2) is 13.9 Å². The fourth-order valence-corrected chi connectivity index (χ4v) is 9.00. The Morgan fingerprint density at radius 2 is 0.857 bits per heavy atom. The maximum atomic E-state index is 7.22. The topological polar surface area (TPSA) is 9.23 Å². The molecule has 0 amide bonds. The molecule has 4 rings (SSSR count). The Hall–Kier alpha value is -3.46. The van der Waals surface area contributed by atoms with Crippen LogP contribution in [0.15, 0.2) is 109 Å². The summed E-state index contributed by atoms with van der Waals surface area (Å²) in [6.07, 6.45) is 10.7. The van der Waals surface area contributed by atoms with Crippen LogP contribution in [0.5, 0.6) is 0 Å². The van der Waals surface area contributed by atoms with Crippen molar-refractivity contribution in [3.05, 3.63) is 143 Å². The Morgan fingerprint density at radius 1 is 0.524 bits per heavy atom. The maximum Gasteiger partial charge on any atom is 0.192 e. The van der Waals surface area contributed by atoms with E-state index in [1.807, 2.05) is 0 Å². The van der Waals surface area contributed by atoms with E-state index in [1.165, 1.54) is 51.5 Å². The number of hydrogen-bond acceptors (Lipinski definition) is 1. The van der Waals surface area contributed by atoms with Gasteiger partial charge < -0.3 is 4.43 Å². The quantitative estimate of drug-likeness (QED) is 0.108. The van der Waals surface area contributed by atoms with Crippen molar-refractivity contribution in [2.45, 2.75) is 71.2 Å². The van der Waals surface area contributed by atoms with Gasteiger partial charge >= 0.3 is 0 Å². The molecule has 0 fully saturated rings. The average Bonchev–Trinajstić information content (AvgIpc) is 3.03. The van der Waals surface area contributed by atoms with Gasteiger partial charge in [-0.15, -0.1) is 0 Å². The summed E-state index contributed by atoms with van der Waals surface area (Å²) >= 11 is 0. The van der Waals surface area contributed by atoms with Crippen molar-refractivity contribution in [3.8, 4) is 0 Å². The summed E-state index contributed by atoms with van der Waals surface area (Å²) in [5.41, 5.74) is 7.41. The first-order valence-corrected chi connectivity index (χ1v) is 18.2. The first-order chi connectivity index (χ1) is 20.3. The Kier molecular flexibility index (Phi) is 11.3. The van der Waals surface area contributed by atoms with Gasteiger partial charge in [0.1, 0.15) is 0 Å². The lowest BCUT2D eigenvalue weighted by Gasteiger charge is -2.43. The molecule has 4 aromatic carbocycles. The van der Waals surface area contributed by atoms with E-state index in [2.05, 4.69) is 168 Å². The predicted octanol–water partition coefficient (Wildman–Crippen LogP) is 11.2. The molecule has 0 radical (unpaired) electrons. The second kappa shape index (κ2) is 15.1. The zero-order chi connectivity index (χ0) is 29.8. The van der Waals surface area contributed by atoms with E-state index in [-0.39, 0.29) is 5.60 Å². The third-order valence-electron chi connectivity index (χ3n) is 8.85. The number of rotatable bonds is 14. The average molecular weight is 573 g/mol. The molecule has 0 saturated carbocycles. The van der Waals surface area contributed by atoms with Crippen molar-refractivity contribution < 1.29 is 4.43 Å². The number of benzene rings is 4. The summed E-state index contributed by atoms with van der Waals surface area (Å²) < 4.78 is 7.22. The van der Waals surface area contributed by atoms with Crippen molar-refractivity contribution in [3.63, 3.8) is 0 Å². The van der Waals surface area contributed by atoms with Gasteiger partial charge in [0.05, 0.1) is 5.60 Å². The van der Waals surface area contributed by atoms with Crippen LogP contribution in [0, 0.1) is 5.92 Å². The van der Waals surface area contributed by atoms with Gasteiger partial charge in [-0.05, 0) is 84.1 Å². The van der Waals surface area contributed by atoms with Crippen molar-refractivity contribution in [1.82, 2.24) is 0 Å². The first-order valence-electron chi connectivity index (χ1n) is 15.7. The molecule has 0 aliphatic rings. The second-order valence-corrected chi connectivity index (χ2v) is 16.7. The van der Waals surface area contributed by atoms with E-state index in [1.54, 1.807) is 0 Å². The molecule has 0 unspecified atom stereocenters. The van der Waals surface area contributed by atoms with Crippen molar-refractivity contribution in [1.29, 1.82) is 0 Å². The van der Waals surface area contributed by atoms with E-state index in [0.717, 1.165) is 12.8 Å². The monoisotopic (exact) mass is 572 g/mol. The van der Waals surface area contributed by atoms with Gasteiger partial charge in [0, 0.05) is 0 Å². The molecule has 0 aliphatic heterocycles. The van der Waals surface area contributed by atoms with E-state index < -0.39 is 8.32 Å². The minimum absolute atomic E-state index is 0.216. The molecule has 0 N–H and O–H groups in total. The summed E-state index contributed by atoms with van der Waals surface area (Å²) in [6.45, 7) is 11.7. The van der Waals surface area contributed by atoms with Crippen LogP contribution in [-0.2, 0) is 17.3 Å². The highest BCUT2D eigenvalue weighted by Crippen LogP contribution is 2.35. The zero-order valence-electron chi connectivity index (χ0n) is 26.2. The van der Waals surface area contributed by atoms with Crippen LogP contribution in [0.4, 0.5) is 0 Å². The summed E-state index contributed by atoms with van der Waals surface area (Å²) in [4.78, 5) is 0. The Morgan fingerprint density at radius 3 is 1.19 bits per heavy atom. The minimum Gasteiger partial charge on any atom is -0.412 e. The van der Waals surface area contributed by atoms with Gasteiger partial charge in [-0.1, -0.05) is 154 Å². The van der Waals surface area contributed by atoms with Crippen molar-refractivity contribution in [2.75, 3.05) is 0 Å². The van der Waals surface area contributed by atoms with Crippen LogP contribution < -0.4 is 0 Å². The van der Waals surface area contributed by atoms with Crippen LogP contribution in [0.1, 0.15) is 68.0 Å². The number of hydrogen-bond donors (Lipinski definition) is 0. The van der Waals surface area contributed by atoms with Gasteiger partial charge in [-0.25, -0.2) is 0 Å². The molecule has 0 saturated heterocycles.